The van der Waals surface area contributed by atoms with Crippen LogP contribution in [0.3, 0.4) is 0 Å². The summed E-state index contributed by atoms with van der Waals surface area (Å²) in [6, 6.07) is 7.01. The summed E-state index contributed by atoms with van der Waals surface area (Å²) in [6.45, 7) is 4.46. The predicted molar refractivity (Wildman–Crippen MR) is 84.6 cm³/mol. The highest BCUT2D eigenvalue weighted by molar-refractivity contribution is 5.80. The van der Waals surface area contributed by atoms with Crippen LogP contribution in [0.5, 0.6) is 0 Å². The maximum atomic E-state index is 13.7. The summed E-state index contributed by atoms with van der Waals surface area (Å²) in [4.78, 5) is 16.6. The molecule has 1 amide bonds. The number of hydrogen-bond donors (Lipinski definition) is 0. The highest BCUT2D eigenvalue weighted by Gasteiger charge is 2.52. The molecule has 0 radical (unpaired) electrons. The van der Waals surface area contributed by atoms with Crippen LogP contribution in [0.15, 0.2) is 24.3 Å². The molecular formula is C18H23FN2O2. The Morgan fingerprint density at radius 1 is 1.26 bits per heavy atom. The van der Waals surface area contributed by atoms with Gasteiger partial charge in [0.25, 0.3) is 0 Å². The Morgan fingerprint density at radius 2 is 2.00 bits per heavy atom. The summed E-state index contributed by atoms with van der Waals surface area (Å²) in [5, 5.41) is 0. The lowest BCUT2D eigenvalue weighted by molar-refractivity contribution is -0.157. The van der Waals surface area contributed by atoms with Gasteiger partial charge in [0.1, 0.15) is 11.4 Å². The summed E-state index contributed by atoms with van der Waals surface area (Å²) in [6.07, 6.45) is 3.74. The van der Waals surface area contributed by atoms with Crippen molar-refractivity contribution in [2.45, 2.75) is 37.3 Å². The number of likely N-dealkylation sites (tertiary alicyclic amines) is 2. The number of amides is 1. The van der Waals surface area contributed by atoms with Gasteiger partial charge in [-0.25, -0.2) is 4.39 Å². The second-order valence-corrected chi connectivity index (χ2v) is 7.11. The van der Waals surface area contributed by atoms with E-state index in [0.29, 0.717) is 24.7 Å². The van der Waals surface area contributed by atoms with Crippen molar-refractivity contribution in [1.29, 1.82) is 0 Å². The molecule has 3 aliphatic rings. The Hall–Kier alpha value is -1.46. The van der Waals surface area contributed by atoms with E-state index in [1.165, 1.54) is 32.0 Å². The molecule has 1 spiro atoms. The Balaban J connectivity index is 1.31. The Bertz CT molecular complexity index is 594. The van der Waals surface area contributed by atoms with Gasteiger partial charge in [0.2, 0.25) is 5.91 Å². The van der Waals surface area contributed by atoms with Gasteiger partial charge in [-0.2, -0.15) is 0 Å². The minimum atomic E-state index is -0.303. The van der Waals surface area contributed by atoms with Crippen molar-refractivity contribution in [3.8, 4) is 0 Å². The molecule has 124 valence electrons. The van der Waals surface area contributed by atoms with Gasteiger partial charge in [-0.05, 0) is 44.0 Å². The average Bonchev–Trinajstić information content (AvgIpc) is 3.16. The van der Waals surface area contributed by atoms with Crippen molar-refractivity contribution in [3.05, 3.63) is 35.6 Å². The van der Waals surface area contributed by atoms with Gasteiger partial charge in [-0.1, -0.05) is 18.2 Å². The van der Waals surface area contributed by atoms with Crippen LogP contribution >= 0.6 is 0 Å². The second kappa shape index (κ2) is 5.87. The van der Waals surface area contributed by atoms with E-state index in [1.54, 1.807) is 23.1 Å². The lowest BCUT2D eigenvalue weighted by Gasteiger charge is -2.47. The number of halogens is 1. The maximum absolute atomic E-state index is 13.7. The van der Waals surface area contributed by atoms with Crippen LogP contribution in [0, 0.1) is 5.82 Å². The number of nitrogens with zero attached hydrogens (tertiary/aromatic N) is 2. The van der Waals surface area contributed by atoms with Crippen LogP contribution in [0.1, 0.15) is 24.8 Å². The summed E-state index contributed by atoms with van der Waals surface area (Å²) >= 11 is 0. The van der Waals surface area contributed by atoms with E-state index < -0.39 is 0 Å². The van der Waals surface area contributed by atoms with Crippen molar-refractivity contribution in [2.24, 2.45) is 0 Å². The molecule has 0 N–H and O–H groups in total. The molecule has 3 saturated heterocycles. The van der Waals surface area contributed by atoms with Crippen LogP contribution < -0.4 is 0 Å². The van der Waals surface area contributed by atoms with Crippen LogP contribution in [0.2, 0.25) is 0 Å². The van der Waals surface area contributed by atoms with Gasteiger partial charge in [-0.15, -0.1) is 0 Å². The zero-order valence-electron chi connectivity index (χ0n) is 13.3. The fourth-order valence-corrected chi connectivity index (χ4v) is 4.12. The number of ether oxygens (including phenoxy) is 1. The topological polar surface area (TPSA) is 32.8 Å². The number of carbonyl (C=O) groups excluding carboxylic acids is 1. The smallest absolute Gasteiger partial charge is 0.227 e. The molecule has 5 heteroatoms. The minimum Gasteiger partial charge on any atom is -0.370 e. The van der Waals surface area contributed by atoms with Gasteiger partial charge in [0, 0.05) is 6.04 Å². The standard InChI is InChI=1S/C18H23FN2O2/c19-16-6-2-1-5-14(16)9-17(22)21-12-18(13-21)10-15(11-23-18)20-7-3-4-8-20/h1-2,5-6,15H,3-4,7-13H2. The fourth-order valence-electron chi connectivity index (χ4n) is 4.12. The highest BCUT2D eigenvalue weighted by atomic mass is 19.1. The third-order valence-electron chi connectivity index (χ3n) is 5.46. The van der Waals surface area contributed by atoms with Crippen molar-refractivity contribution in [2.75, 3.05) is 32.8 Å². The van der Waals surface area contributed by atoms with Crippen molar-refractivity contribution in [3.63, 3.8) is 0 Å². The number of rotatable bonds is 3. The summed E-state index contributed by atoms with van der Waals surface area (Å²) in [5.41, 5.74) is 0.332. The SMILES string of the molecule is O=C(Cc1ccccc1F)N1CC2(CC(N3CCCC3)CO2)C1. The lowest BCUT2D eigenvalue weighted by atomic mass is 9.88. The van der Waals surface area contributed by atoms with E-state index in [4.69, 9.17) is 4.74 Å². The van der Waals surface area contributed by atoms with Crippen LogP contribution in [0.4, 0.5) is 4.39 Å². The largest absolute Gasteiger partial charge is 0.370 e. The van der Waals surface area contributed by atoms with E-state index >= 15 is 0 Å². The van der Waals surface area contributed by atoms with Crippen molar-refractivity contribution < 1.29 is 13.9 Å². The van der Waals surface area contributed by atoms with Crippen molar-refractivity contribution in [1.82, 2.24) is 9.80 Å². The molecule has 3 fully saturated rings. The maximum Gasteiger partial charge on any atom is 0.227 e. The van der Waals surface area contributed by atoms with Crippen molar-refractivity contribution >= 4 is 5.91 Å². The third kappa shape index (κ3) is 2.88. The molecule has 3 aliphatic heterocycles. The van der Waals surface area contributed by atoms with E-state index in [-0.39, 0.29) is 23.7 Å². The molecule has 1 atom stereocenters. The molecule has 0 aliphatic carbocycles. The molecule has 4 rings (SSSR count). The van der Waals surface area contributed by atoms with Gasteiger partial charge in [0.05, 0.1) is 26.1 Å². The van der Waals surface area contributed by atoms with Gasteiger partial charge >= 0.3 is 0 Å². The monoisotopic (exact) mass is 318 g/mol. The molecule has 0 bridgehead atoms. The summed E-state index contributed by atoms with van der Waals surface area (Å²) in [7, 11) is 0. The molecular weight excluding hydrogens is 295 g/mol. The van der Waals surface area contributed by atoms with E-state index in [0.717, 1.165) is 13.0 Å². The highest BCUT2D eigenvalue weighted by Crippen LogP contribution is 2.38. The first-order chi connectivity index (χ1) is 11.2. The average molecular weight is 318 g/mol. The van der Waals surface area contributed by atoms with Gasteiger partial charge in [0.15, 0.2) is 0 Å². The molecule has 4 nitrogen and oxygen atoms in total. The molecule has 1 unspecified atom stereocenters. The van der Waals surface area contributed by atoms with Crippen LogP contribution in [0.25, 0.3) is 0 Å². The fraction of sp³-hybridized carbons (Fsp3) is 0.611. The predicted octanol–water partition coefficient (Wildman–Crippen LogP) is 1.83. The Labute approximate surface area is 136 Å². The normalized spacial score (nSPS) is 26.7. The molecule has 0 aromatic heterocycles. The van der Waals surface area contributed by atoms with E-state index in [2.05, 4.69) is 4.90 Å². The number of hydrogen-bond acceptors (Lipinski definition) is 3. The minimum absolute atomic E-state index is 0.00560. The van der Waals surface area contributed by atoms with Crippen LogP contribution in [-0.4, -0.2) is 60.1 Å². The number of benzene rings is 1. The van der Waals surface area contributed by atoms with Crippen LogP contribution in [-0.2, 0) is 16.0 Å². The van der Waals surface area contributed by atoms with Gasteiger partial charge in [-0.3, -0.25) is 9.69 Å². The number of carbonyl (C=O) groups is 1. The second-order valence-electron chi connectivity index (χ2n) is 7.11. The van der Waals surface area contributed by atoms with E-state index in [1.807, 2.05) is 0 Å². The molecule has 3 heterocycles. The van der Waals surface area contributed by atoms with E-state index in [9.17, 15) is 9.18 Å². The molecule has 1 aromatic carbocycles. The lowest BCUT2D eigenvalue weighted by Crippen LogP contribution is -2.63. The first kappa shape index (κ1) is 15.1. The first-order valence-electron chi connectivity index (χ1n) is 8.54. The molecule has 1 aromatic rings. The molecule has 23 heavy (non-hydrogen) atoms. The van der Waals surface area contributed by atoms with Gasteiger partial charge < -0.3 is 9.64 Å². The summed E-state index contributed by atoms with van der Waals surface area (Å²) in [5.74, 6) is -0.309. The third-order valence-corrected chi connectivity index (χ3v) is 5.46. The zero-order valence-corrected chi connectivity index (χ0v) is 13.3. The Morgan fingerprint density at radius 3 is 2.74 bits per heavy atom. The zero-order chi connectivity index (χ0) is 15.9. The Kier molecular flexibility index (Phi) is 3.85. The summed E-state index contributed by atoms with van der Waals surface area (Å²) < 4.78 is 19.7. The first-order valence-corrected chi connectivity index (χ1v) is 8.54. The quantitative estimate of drug-likeness (QED) is 0.852. The molecule has 0 saturated carbocycles.